The molecule has 1 aliphatic carbocycles. The second kappa shape index (κ2) is 4.15. The second-order valence-electron chi connectivity index (χ2n) is 4.97. The Morgan fingerprint density at radius 2 is 2.16 bits per heavy atom. The highest BCUT2D eigenvalue weighted by Crippen LogP contribution is 2.39. The molecule has 0 amide bonds. The molecule has 1 atom stereocenters. The average Bonchev–Trinajstić information content (AvgIpc) is 3.01. The molecular formula is C14H13N3OS. The van der Waals surface area contributed by atoms with Gasteiger partial charge in [0.1, 0.15) is 0 Å². The van der Waals surface area contributed by atoms with Crippen LogP contribution in [0.4, 0.5) is 0 Å². The molecule has 4 nitrogen and oxygen atoms in total. The molecule has 4 rings (SSSR count). The highest BCUT2D eigenvalue weighted by atomic mass is 32.1. The lowest BCUT2D eigenvalue weighted by Crippen LogP contribution is -2.13. The molecule has 1 unspecified atom stereocenters. The lowest BCUT2D eigenvalue weighted by Gasteiger charge is -2.01. The number of thiophene rings is 1. The molecule has 3 aromatic rings. The van der Waals surface area contributed by atoms with E-state index in [1.807, 2.05) is 12.1 Å². The third-order valence-corrected chi connectivity index (χ3v) is 4.61. The van der Waals surface area contributed by atoms with Gasteiger partial charge >= 0.3 is 0 Å². The smallest absolute Gasteiger partial charge is 0.268 e. The van der Waals surface area contributed by atoms with Gasteiger partial charge in [-0.3, -0.25) is 0 Å². The lowest BCUT2D eigenvalue weighted by molar-refractivity contribution is 0.412. The summed E-state index contributed by atoms with van der Waals surface area (Å²) in [5, 5.41) is 5.22. The molecule has 0 saturated heterocycles. The van der Waals surface area contributed by atoms with Gasteiger partial charge in [-0.05, 0) is 36.3 Å². The Bertz CT molecular complexity index is 696. The number of aromatic nitrogens is 2. The first-order valence-corrected chi connectivity index (χ1v) is 7.21. The van der Waals surface area contributed by atoms with Gasteiger partial charge in [0, 0.05) is 4.70 Å². The van der Waals surface area contributed by atoms with E-state index in [-0.39, 0.29) is 6.04 Å². The molecule has 96 valence electrons. The van der Waals surface area contributed by atoms with E-state index < -0.39 is 0 Å². The zero-order valence-electron chi connectivity index (χ0n) is 10.2. The van der Waals surface area contributed by atoms with Crippen LogP contribution in [0.25, 0.3) is 20.9 Å². The predicted octanol–water partition coefficient (Wildman–Crippen LogP) is 3.36. The molecule has 2 N–H and O–H groups in total. The molecule has 19 heavy (non-hydrogen) atoms. The van der Waals surface area contributed by atoms with Gasteiger partial charge in [-0.1, -0.05) is 23.4 Å². The van der Waals surface area contributed by atoms with Gasteiger partial charge in [0.15, 0.2) is 5.82 Å². The average molecular weight is 271 g/mol. The van der Waals surface area contributed by atoms with E-state index in [9.17, 15) is 0 Å². The van der Waals surface area contributed by atoms with Gasteiger partial charge in [0.05, 0.1) is 10.9 Å². The molecule has 1 fully saturated rings. The molecule has 1 aromatic carbocycles. The number of rotatable bonds is 3. The Morgan fingerprint density at radius 1 is 1.32 bits per heavy atom. The normalized spacial score (nSPS) is 16.9. The fourth-order valence-corrected chi connectivity index (χ4v) is 3.21. The van der Waals surface area contributed by atoms with Crippen molar-refractivity contribution in [2.75, 3.05) is 0 Å². The molecule has 1 saturated carbocycles. The highest BCUT2D eigenvalue weighted by molar-refractivity contribution is 7.22. The van der Waals surface area contributed by atoms with E-state index in [0.29, 0.717) is 17.6 Å². The van der Waals surface area contributed by atoms with Crippen molar-refractivity contribution in [1.29, 1.82) is 0 Å². The van der Waals surface area contributed by atoms with Crippen molar-refractivity contribution in [3.05, 3.63) is 36.2 Å². The van der Waals surface area contributed by atoms with Crippen LogP contribution in [-0.2, 0) is 0 Å². The summed E-state index contributed by atoms with van der Waals surface area (Å²) in [6.45, 7) is 0. The number of hydrogen-bond donors (Lipinski definition) is 1. The van der Waals surface area contributed by atoms with Crippen molar-refractivity contribution in [2.24, 2.45) is 11.7 Å². The van der Waals surface area contributed by atoms with Crippen molar-refractivity contribution in [3.8, 4) is 10.8 Å². The minimum Gasteiger partial charge on any atom is -0.333 e. The van der Waals surface area contributed by atoms with E-state index in [1.54, 1.807) is 11.3 Å². The maximum atomic E-state index is 6.09. The summed E-state index contributed by atoms with van der Waals surface area (Å²) in [5.74, 6) is 1.75. The van der Waals surface area contributed by atoms with Crippen molar-refractivity contribution in [2.45, 2.75) is 18.9 Å². The van der Waals surface area contributed by atoms with Crippen LogP contribution in [0.2, 0.25) is 0 Å². The van der Waals surface area contributed by atoms with Crippen LogP contribution >= 0.6 is 11.3 Å². The van der Waals surface area contributed by atoms with Crippen molar-refractivity contribution in [3.63, 3.8) is 0 Å². The molecule has 0 aliphatic heterocycles. The van der Waals surface area contributed by atoms with Crippen LogP contribution in [0.3, 0.4) is 0 Å². The Hall–Kier alpha value is -1.72. The summed E-state index contributed by atoms with van der Waals surface area (Å²) in [4.78, 5) is 5.45. The molecule has 5 heteroatoms. The van der Waals surface area contributed by atoms with Crippen LogP contribution < -0.4 is 5.73 Å². The first-order chi connectivity index (χ1) is 9.31. The summed E-state index contributed by atoms with van der Waals surface area (Å²) < 4.78 is 6.57. The fraction of sp³-hybridized carbons (Fsp3) is 0.286. The number of fused-ring (bicyclic) bond motifs is 1. The van der Waals surface area contributed by atoms with Crippen LogP contribution in [0, 0.1) is 5.92 Å². The molecule has 2 aromatic heterocycles. The van der Waals surface area contributed by atoms with Gasteiger partial charge in [-0.25, -0.2) is 0 Å². The Morgan fingerprint density at radius 3 is 2.95 bits per heavy atom. The number of nitrogens with zero attached hydrogens (tertiary/aromatic N) is 2. The van der Waals surface area contributed by atoms with Crippen LogP contribution in [-0.4, -0.2) is 10.1 Å². The van der Waals surface area contributed by atoms with Gasteiger partial charge in [-0.2, -0.15) is 4.98 Å². The van der Waals surface area contributed by atoms with Crippen LogP contribution in [0.15, 0.2) is 34.9 Å². The Labute approximate surface area is 114 Å². The van der Waals surface area contributed by atoms with Crippen LogP contribution in [0.5, 0.6) is 0 Å². The lowest BCUT2D eigenvalue weighted by atomic mass is 10.2. The fourth-order valence-electron chi connectivity index (χ4n) is 2.22. The summed E-state index contributed by atoms with van der Waals surface area (Å²) in [7, 11) is 0. The van der Waals surface area contributed by atoms with Crippen molar-refractivity contribution >= 4 is 21.4 Å². The molecule has 1 aliphatic rings. The summed E-state index contributed by atoms with van der Waals surface area (Å²) in [6.07, 6.45) is 2.35. The number of benzene rings is 1. The van der Waals surface area contributed by atoms with Crippen LogP contribution in [0.1, 0.15) is 24.7 Å². The summed E-state index contributed by atoms with van der Waals surface area (Å²) in [6, 6.07) is 10.2. The summed E-state index contributed by atoms with van der Waals surface area (Å²) in [5.41, 5.74) is 6.09. The van der Waals surface area contributed by atoms with E-state index in [4.69, 9.17) is 10.3 Å². The Kier molecular flexibility index (Phi) is 2.43. The third kappa shape index (κ3) is 1.95. The molecule has 2 heterocycles. The largest absolute Gasteiger partial charge is 0.333 e. The highest BCUT2D eigenvalue weighted by Gasteiger charge is 2.32. The molecule has 0 radical (unpaired) electrons. The van der Waals surface area contributed by atoms with Gasteiger partial charge in [0.2, 0.25) is 0 Å². The topological polar surface area (TPSA) is 64.9 Å². The maximum absolute atomic E-state index is 6.09. The van der Waals surface area contributed by atoms with E-state index in [1.165, 1.54) is 22.9 Å². The van der Waals surface area contributed by atoms with Gasteiger partial charge in [-0.15, -0.1) is 11.3 Å². The zero-order chi connectivity index (χ0) is 12.8. The summed E-state index contributed by atoms with van der Waals surface area (Å²) >= 11 is 1.66. The monoisotopic (exact) mass is 271 g/mol. The second-order valence-corrected chi connectivity index (χ2v) is 6.05. The van der Waals surface area contributed by atoms with Gasteiger partial charge < -0.3 is 10.3 Å². The van der Waals surface area contributed by atoms with Crippen molar-refractivity contribution in [1.82, 2.24) is 10.1 Å². The molecule has 0 bridgehead atoms. The zero-order valence-corrected chi connectivity index (χ0v) is 11.1. The third-order valence-electron chi connectivity index (χ3n) is 3.51. The molecular weight excluding hydrogens is 258 g/mol. The quantitative estimate of drug-likeness (QED) is 0.793. The number of nitrogens with two attached hydrogens (primary N) is 1. The number of hydrogen-bond acceptors (Lipinski definition) is 5. The Balaban J connectivity index is 1.71. The first-order valence-electron chi connectivity index (χ1n) is 6.39. The van der Waals surface area contributed by atoms with E-state index >= 15 is 0 Å². The van der Waals surface area contributed by atoms with Crippen molar-refractivity contribution < 1.29 is 4.52 Å². The predicted molar refractivity (Wildman–Crippen MR) is 74.8 cm³/mol. The SMILES string of the molecule is NC(c1noc(-c2cc3ccccc3s2)n1)C1CC1. The van der Waals surface area contributed by atoms with E-state index in [2.05, 4.69) is 28.3 Å². The minimum absolute atomic E-state index is 0.0770. The first kappa shape index (κ1) is 11.1. The standard InChI is InChI=1S/C14H13N3OS/c15-12(8-5-6-8)13-16-14(18-17-13)11-7-9-3-1-2-4-10(9)19-11/h1-4,7-8,12H,5-6,15H2. The van der Waals surface area contributed by atoms with E-state index in [0.717, 1.165) is 4.88 Å². The minimum atomic E-state index is -0.0770. The maximum Gasteiger partial charge on any atom is 0.268 e. The molecule has 0 spiro atoms. The van der Waals surface area contributed by atoms with Gasteiger partial charge in [0.25, 0.3) is 5.89 Å².